The molecule has 2 aliphatic heterocycles. The summed E-state index contributed by atoms with van der Waals surface area (Å²) < 4.78 is 0.866. The van der Waals surface area contributed by atoms with Crippen LogP contribution in [-0.2, 0) is 22.7 Å². The maximum absolute atomic E-state index is 12.8. The molecule has 4 rings (SSSR count). The molecule has 6 heteroatoms. The molecule has 2 heterocycles. The van der Waals surface area contributed by atoms with Gasteiger partial charge in [0.1, 0.15) is 0 Å². The van der Waals surface area contributed by atoms with E-state index >= 15 is 0 Å². The van der Waals surface area contributed by atoms with E-state index in [1.807, 2.05) is 30.3 Å². The summed E-state index contributed by atoms with van der Waals surface area (Å²) in [5.41, 5.74) is 3.25. The van der Waals surface area contributed by atoms with Crippen molar-refractivity contribution in [3.63, 3.8) is 0 Å². The van der Waals surface area contributed by atoms with Gasteiger partial charge in [0.15, 0.2) is 0 Å². The van der Waals surface area contributed by atoms with Gasteiger partial charge in [0.25, 0.3) is 0 Å². The van der Waals surface area contributed by atoms with Crippen molar-refractivity contribution in [1.82, 2.24) is 10.2 Å². The lowest BCUT2D eigenvalue weighted by Gasteiger charge is -2.19. The van der Waals surface area contributed by atoms with Crippen molar-refractivity contribution in [3.05, 3.63) is 64.1 Å². The lowest BCUT2D eigenvalue weighted by molar-refractivity contribution is -0.126. The van der Waals surface area contributed by atoms with Gasteiger partial charge in [-0.1, -0.05) is 36.4 Å². The fourth-order valence-electron chi connectivity index (χ4n) is 4.18. The van der Waals surface area contributed by atoms with E-state index in [0.717, 1.165) is 35.4 Å². The molecule has 2 aromatic rings. The van der Waals surface area contributed by atoms with Crippen LogP contribution in [0.4, 0.5) is 5.69 Å². The van der Waals surface area contributed by atoms with Gasteiger partial charge in [-0.3, -0.25) is 14.5 Å². The third-order valence-corrected chi connectivity index (χ3v) is 6.47. The quantitative estimate of drug-likeness (QED) is 0.721. The summed E-state index contributed by atoms with van der Waals surface area (Å²) in [4.78, 5) is 29.4. The molecule has 2 fully saturated rings. The number of para-hydroxylation sites is 1. The molecule has 0 spiro atoms. The van der Waals surface area contributed by atoms with Crippen molar-refractivity contribution in [2.24, 2.45) is 5.92 Å². The Hall–Kier alpha value is -2.18. The first-order valence-electron chi connectivity index (χ1n) is 10.2. The molecule has 0 bridgehead atoms. The number of nitrogens with one attached hydrogen (secondary N) is 1. The molecular weight excluding hydrogens is 430 g/mol. The smallest absolute Gasteiger partial charge is 0.227 e. The second-order valence-corrected chi connectivity index (χ2v) is 8.68. The third kappa shape index (κ3) is 4.70. The zero-order valence-electron chi connectivity index (χ0n) is 16.4. The average molecular weight is 456 g/mol. The van der Waals surface area contributed by atoms with Crippen LogP contribution < -0.4 is 10.2 Å². The summed E-state index contributed by atoms with van der Waals surface area (Å²) in [7, 11) is 0. The zero-order chi connectivity index (χ0) is 20.2. The molecule has 0 saturated carbocycles. The Morgan fingerprint density at radius 1 is 1.03 bits per heavy atom. The Morgan fingerprint density at radius 2 is 1.72 bits per heavy atom. The van der Waals surface area contributed by atoms with E-state index in [1.165, 1.54) is 18.4 Å². The molecule has 29 heavy (non-hydrogen) atoms. The highest BCUT2D eigenvalue weighted by atomic mass is 79.9. The largest absolute Gasteiger partial charge is 0.352 e. The highest BCUT2D eigenvalue weighted by molar-refractivity contribution is 9.10. The van der Waals surface area contributed by atoms with Crippen LogP contribution in [0.5, 0.6) is 0 Å². The maximum atomic E-state index is 12.8. The molecule has 5 nitrogen and oxygen atoms in total. The van der Waals surface area contributed by atoms with Crippen molar-refractivity contribution >= 4 is 33.4 Å². The van der Waals surface area contributed by atoms with E-state index in [4.69, 9.17) is 0 Å². The van der Waals surface area contributed by atoms with Crippen molar-refractivity contribution in [2.45, 2.75) is 32.4 Å². The Balaban J connectivity index is 1.37. The van der Waals surface area contributed by atoms with Gasteiger partial charge < -0.3 is 10.2 Å². The van der Waals surface area contributed by atoms with E-state index in [0.29, 0.717) is 13.1 Å². The number of halogens is 1. The minimum Gasteiger partial charge on any atom is -0.352 e. The first kappa shape index (κ1) is 20.1. The predicted octanol–water partition coefficient (Wildman–Crippen LogP) is 3.71. The van der Waals surface area contributed by atoms with Crippen molar-refractivity contribution in [1.29, 1.82) is 0 Å². The monoisotopic (exact) mass is 455 g/mol. The number of carbonyl (C=O) groups is 2. The van der Waals surface area contributed by atoms with Gasteiger partial charge in [-0.25, -0.2) is 0 Å². The summed E-state index contributed by atoms with van der Waals surface area (Å²) in [6.45, 7) is 4.15. The number of rotatable bonds is 6. The molecule has 0 aromatic heterocycles. The molecule has 152 valence electrons. The Bertz CT molecular complexity index is 895. The van der Waals surface area contributed by atoms with Gasteiger partial charge in [-0.15, -0.1) is 0 Å². The number of hydrogen-bond donors (Lipinski definition) is 1. The molecule has 1 N–H and O–H groups in total. The number of anilines is 1. The van der Waals surface area contributed by atoms with Gasteiger partial charge >= 0.3 is 0 Å². The van der Waals surface area contributed by atoms with Crippen LogP contribution in [0.1, 0.15) is 30.4 Å². The molecule has 2 aliphatic rings. The second kappa shape index (κ2) is 9.09. The van der Waals surface area contributed by atoms with Crippen LogP contribution in [0.25, 0.3) is 0 Å². The number of likely N-dealkylation sites (tertiary alicyclic amines) is 1. The fraction of sp³-hybridized carbons (Fsp3) is 0.391. The molecule has 0 radical (unpaired) electrons. The number of nitrogens with zero attached hydrogens (tertiary/aromatic N) is 2. The van der Waals surface area contributed by atoms with Gasteiger partial charge in [-0.2, -0.15) is 0 Å². The molecular formula is C23H26BrN3O2. The first-order chi connectivity index (χ1) is 14.1. The van der Waals surface area contributed by atoms with Crippen LogP contribution in [0.3, 0.4) is 0 Å². The SMILES string of the molecule is O=C(NCc1ccccc1CN1CCCC1)[C@@H]1CC(=O)N(c2ccccc2Br)C1. The topological polar surface area (TPSA) is 52.7 Å². The summed E-state index contributed by atoms with van der Waals surface area (Å²) in [6.07, 6.45) is 2.79. The summed E-state index contributed by atoms with van der Waals surface area (Å²) in [5, 5.41) is 3.07. The molecule has 2 amide bonds. The van der Waals surface area contributed by atoms with E-state index in [2.05, 4.69) is 44.3 Å². The highest BCUT2D eigenvalue weighted by Crippen LogP contribution is 2.31. The molecule has 2 aromatic carbocycles. The minimum atomic E-state index is -0.319. The molecule has 1 atom stereocenters. The summed E-state index contributed by atoms with van der Waals surface area (Å²) >= 11 is 3.50. The van der Waals surface area contributed by atoms with E-state index < -0.39 is 0 Å². The van der Waals surface area contributed by atoms with Gasteiger partial charge in [0.05, 0.1) is 11.6 Å². The highest BCUT2D eigenvalue weighted by Gasteiger charge is 2.35. The standard InChI is InChI=1S/C23H26BrN3O2/c24-20-9-3-4-10-21(20)27-16-19(13-22(27)28)23(29)25-14-17-7-1-2-8-18(17)15-26-11-5-6-12-26/h1-4,7-10,19H,5-6,11-16H2,(H,25,29)/t19-/m1/s1. The van der Waals surface area contributed by atoms with Crippen molar-refractivity contribution in [2.75, 3.05) is 24.5 Å². The number of benzene rings is 2. The zero-order valence-corrected chi connectivity index (χ0v) is 18.0. The Morgan fingerprint density at radius 3 is 2.48 bits per heavy atom. The van der Waals surface area contributed by atoms with E-state index in [-0.39, 0.29) is 24.2 Å². The lowest BCUT2D eigenvalue weighted by Crippen LogP contribution is -2.33. The van der Waals surface area contributed by atoms with Gasteiger partial charge in [0.2, 0.25) is 11.8 Å². The van der Waals surface area contributed by atoms with Crippen LogP contribution in [0.2, 0.25) is 0 Å². The van der Waals surface area contributed by atoms with Crippen molar-refractivity contribution < 1.29 is 9.59 Å². The fourth-order valence-corrected chi connectivity index (χ4v) is 4.68. The Labute approximate surface area is 180 Å². The summed E-state index contributed by atoms with van der Waals surface area (Å²) in [6, 6.07) is 15.9. The van der Waals surface area contributed by atoms with Gasteiger partial charge in [-0.05, 0) is 65.1 Å². The van der Waals surface area contributed by atoms with Crippen molar-refractivity contribution in [3.8, 4) is 0 Å². The number of carbonyl (C=O) groups excluding carboxylic acids is 2. The Kier molecular flexibility index (Phi) is 6.31. The normalized spacial score (nSPS) is 19.7. The first-order valence-corrected chi connectivity index (χ1v) is 11.0. The lowest BCUT2D eigenvalue weighted by atomic mass is 10.1. The average Bonchev–Trinajstić information content (AvgIpc) is 3.37. The van der Waals surface area contributed by atoms with Crippen LogP contribution in [-0.4, -0.2) is 36.3 Å². The molecule has 2 saturated heterocycles. The van der Waals surface area contributed by atoms with Crippen LogP contribution in [0, 0.1) is 5.92 Å². The predicted molar refractivity (Wildman–Crippen MR) is 117 cm³/mol. The van der Waals surface area contributed by atoms with Gasteiger partial charge in [0, 0.05) is 30.5 Å². The van der Waals surface area contributed by atoms with E-state index in [9.17, 15) is 9.59 Å². The maximum Gasteiger partial charge on any atom is 0.227 e. The molecule has 0 aliphatic carbocycles. The minimum absolute atomic E-state index is 0.00789. The van der Waals surface area contributed by atoms with Crippen LogP contribution >= 0.6 is 15.9 Å². The number of amides is 2. The summed E-state index contributed by atoms with van der Waals surface area (Å²) in [5.74, 6) is -0.379. The second-order valence-electron chi connectivity index (χ2n) is 7.83. The third-order valence-electron chi connectivity index (χ3n) is 5.80. The molecule has 0 unspecified atom stereocenters. The van der Waals surface area contributed by atoms with E-state index in [1.54, 1.807) is 4.90 Å². The number of hydrogen-bond acceptors (Lipinski definition) is 3. The van der Waals surface area contributed by atoms with Crippen LogP contribution in [0.15, 0.2) is 53.0 Å².